The Kier molecular flexibility index (Phi) is 10.6. The quantitative estimate of drug-likeness (QED) is 0.114. The molecule has 1 atom stereocenters. The Labute approximate surface area is 259 Å². The zero-order chi connectivity index (χ0) is 30.9. The fourth-order valence-electron chi connectivity index (χ4n) is 5.77. The van der Waals surface area contributed by atoms with Gasteiger partial charge < -0.3 is 18.7 Å². The Morgan fingerprint density at radius 2 is 1.66 bits per heavy atom. The standard InChI is InChI=1S/C37H44N2O5/c1-4-6-7-8-9-16-31(5-2)39-36(40)34(44-37(39)41)17-12-13-27-18-22-32(23-19-27)42-25-33-26(3)43-35(38-33)30-21-20-28-14-10-11-15-29(28)24-30/h10-11,14-15,18-24,31,40H,4-9,12-13,16-17,25H2,1-3H3. The third-order valence-electron chi connectivity index (χ3n) is 8.42. The minimum Gasteiger partial charge on any atom is -0.492 e. The molecular formula is C37H44N2O5. The molecule has 2 heterocycles. The van der Waals surface area contributed by atoms with Gasteiger partial charge in [-0.1, -0.05) is 88.4 Å². The third-order valence-corrected chi connectivity index (χ3v) is 8.42. The lowest BCUT2D eigenvalue weighted by Crippen LogP contribution is -2.19. The van der Waals surface area contributed by atoms with Gasteiger partial charge in [-0.2, -0.15) is 0 Å². The highest BCUT2D eigenvalue weighted by Crippen LogP contribution is 2.28. The number of oxazole rings is 2. The maximum atomic E-state index is 12.6. The van der Waals surface area contributed by atoms with E-state index >= 15 is 0 Å². The zero-order valence-electron chi connectivity index (χ0n) is 26.2. The van der Waals surface area contributed by atoms with Gasteiger partial charge in [0.15, 0.2) is 5.76 Å². The fraction of sp³-hybridized carbons (Fsp3) is 0.405. The van der Waals surface area contributed by atoms with Crippen molar-refractivity contribution >= 4 is 10.8 Å². The van der Waals surface area contributed by atoms with Crippen molar-refractivity contribution in [1.82, 2.24) is 9.55 Å². The van der Waals surface area contributed by atoms with E-state index in [4.69, 9.17) is 18.6 Å². The molecule has 7 nitrogen and oxygen atoms in total. The normalized spacial score (nSPS) is 12.2. The van der Waals surface area contributed by atoms with Gasteiger partial charge in [-0.3, -0.25) is 0 Å². The summed E-state index contributed by atoms with van der Waals surface area (Å²) in [7, 11) is 0. The first-order valence-electron chi connectivity index (χ1n) is 16.1. The van der Waals surface area contributed by atoms with Gasteiger partial charge in [0.25, 0.3) is 0 Å². The molecule has 0 spiro atoms. The molecule has 0 saturated heterocycles. The monoisotopic (exact) mass is 596 g/mol. The summed E-state index contributed by atoms with van der Waals surface area (Å²) in [5, 5.41) is 13.1. The smallest absolute Gasteiger partial charge is 0.422 e. The molecule has 5 aromatic rings. The molecule has 0 bridgehead atoms. The number of rotatable bonds is 16. The lowest BCUT2D eigenvalue weighted by Gasteiger charge is -2.15. The van der Waals surface area contributed by atoms with Crippen LogP contribution in [0.15, 0.2) is 80.4 Å². The summed E-state index contributed by atoms with van der Waals surface area (Å²) < 4.78 is 18.9. The lowest BCUT2D eigenvalue weighted by molar-refractivity contribution is 0.299. The highest BCUT2D eigenvalue weighted by molar-refractivity contribution is 5.86. The van der Waals surface area contributed by atoms with Crippen LogP contribution >= 0.6 is 0 Å². The summed E-state index contributed by atoms with van der Waals surface area (Å²) in [4.78, 5) is 17.3. The average Bonchev–Trinajstić information content (AvgIpc) is 3.55. The van der Waals surface area contributed by atoms with E-state index in [0.717, 1.165) is 72.2 Å². The Hall–Kier alpha value is -4.26. The van der Waals surface area contributed by atoms with E-state index in [-0.39, 0.29) is 11.9 Å². The molecule has 2 aromatic heterocycles. The molecule has 0 aliphatic carbocycles. The predicted molar refractivity (Wildman–Crippen MR) is 174 cm³/mol. The van der Waals surface area contributed by atoms with Crippen molar-refractivity contribution in [3.8, 4) is 23.1 Å². The Balaban J connectivity index is 1.11. The van der Waals surface area contributed by atoms with Crippen LogP contribution in [0.4, 0.5) is 0 Å². The molecule has 7 heteroatoms. The van der Waals surface area contributed by atoms with Crippen LogP contribution in [0, 0.1) is 6.92 Å². The van der Waals surface area contributed by atoms with E-state index in [1.165, 1.54) is 29.2 Å². The molecule has 0 aliphatic heterocycles. The van der Waals surface area contributed by atoms with Crippen molar-refractivity contribution in [1.29, 1.82) is 0 Å². The fourth-order valence-corrected chi connectivity index (χ4v) is 5.77. The van der Waals surface area contributed by atoms with Crippen molar-refractivity contribution in [2.24, 2.45) is 0 Å². The number of aromatic hydroxyl groups is 1. The summed E-state index contributed by atoms with van der Waals surface area (Å²) in [5.41, 5.74) is 2.86. The van der Waals surface area contributed by atoms with E-state index in [0.29, 0.717) is 24.7 Å². The van der Waals surface area contributed by atoms with Gasteiger partial charge in [0, 0.05) is 18.0 Å². The minimum absolute atomic E-state index is 0.00826. The lowest BCUT2D eigenvalue weighted by atomic mass is 10.0. The predicted octanol–water partition coefficient (Wildman–Crippen LogP) is 9.33. The van der Waals surface area contributed by atoms with Gasteiger partial charge >= 0.3 is 5.76 Å². The first-order valence-corrected chi connectivity index (χ1v) is 16.1. The molecule has 44 heavy (non-hydrogen) atoms. The van der Waals surface area contributed by atoms with E-state index < -0.39 is 5.76 Å². The molecule has 0 aliphatic rings. The third kappa shape index (κ3) is 7.62. The number of nitrogens with zero attached hydrogens (tertiary/aromatic N) is 2. The summed E-state index contributed by atoms with van der Waals surface area (Å²) in [6, 6.07) is 22.4. The van der Waals surface area contributed by atoms with Gasteiger partial charge in [-0.25, -0.2) is 14.3 Å². The zero-order valence-corrected chi connectivity index (χ0v) is 26.2. The molecule has 1 unspecified atom stereocenters. The van der Waals surface area contributed by atoms with Crippen molar-refractivity contribution in [2.75, 3.05) is 0 Å². The number of hydrogen-bond donors (Lipinski definition) is 1. The van der Waals surface area contributed by atoms with Crippen LogP contribution in [-0.4, -0.2) is 14.7 Å². The summed E-state index contributed by atoms with van der Waals surface area (Å²) >= 11 is 0. The van der Waals surface area contributed by atoms with Crippen molar-refractivity contribution in [3.63, 3.8) is 0 Å². The van der Waals surface area contributed by atoms with Crippen LogP contribution in [-0.2, 0) is 19.4 Å². The number of ether oxygens (including phenoxy) is 1. The molecule has 0 amide bonds. The van der Waals surface area contributed by atoms with Gasteiger partial charge in [0.2, 0.25) is 11.8 Å². The molecule has 3 aromatic carbocycles. The topological polar surface area (TPSA) is 90.6 Å². The summed E-state index contributed by atoms with van der Waals surface area (Å²) in [6.07, 6.45) is 9.58. The molecular weight excluding hydrogens is 552 g/mol. The first-order chi connectivity index (χ1) is 21.5. The maximum Gasteiger partial charge on any atom is 0.422 e. The van der Waals surface area contributed by atoms with Crippen LogP contribution in [0.5, 0.6) is 11.6 Å². The van der Waals surface area contributed by atoms with Crippen LogP contribution in [0.1, 0.15) is 94.0 Å². The van der Waals surface area contributed by atoms with Crippen molar-refractivity contribution in [2.45, 2.75) is 97.6 Å². The summed E-state index contributed by atoms with van der Waals surface area (Å²) in [6.45, 7) is 6.48. The van der Waals surface area contributed by atoms with E-state index in [1.807, 2.05) is 49.4 Å². The minimum atomic E-state index is -0.453. The van der Waals surface area contributed by atoms with Crippen LogP contribution < -0.4 is 10.5 Å². The number of unbranched alkanes of at least 4 members (excludes halogenated alkanes) is 4. The second kappa shape index (κ2) is 15.0. The first kappa shape index (κ1) is 31.2. The van der Waals surface area contributed by atoms with Gasteiger partial charge in [-0.15, -0.1) is 0 Å². The molecule has 0 saturated carbocycles. The van der Waals surface area contributed by atoms with Gasteiger partial charge in [0.1, 0.15) is 23.8 Å². The van der Waals surface area contributed by atoms with E-state index in [9.17, 15) is 9.90 Å². The number of benzene rings is 3. The van der Waals surface area contributed by atoms with Gasteiger partial charge in [-0.05, 0) is 73.2 Å². The van der Waals surface area contributed by atoms with Crippen molar-refractivity contribution in [3.05, 3.63) is 100 Å². The maximum absolute atomic E-state index is 12.6. The van der Waals surface area contributed by atoms with E-state index in [2.05, 4.69) is 38.1 Å². The molecule has 232 valence electrons. The largest absolute Gasteiger partial charge is 0.492 e. The SMILES string of the molecule is CCCCCCCC(CC)n1c(O)c(CCCc2ccc(OCc3nc(-c4ccc5ccccc5c4)oc3C)cc2)oc1=O. The number of aryl methyl sites for hydroxylation is 3. The number of aromatic nitrogens is 2. The van der Waals surface area contributed by atoms with E-state index in [1.54, 1.807) is 0 Å². The second-order valence-electron chi connectivity index (χ2n) is 11.6. The van der Waals surface area contributed by atoms with Crippen LogP contribution in [0.3, 0.4) is 0 Å². The average molecular weight is 597 g/mol. The molecule has 0 radical (unpaired) electrons. The molecule has 0 fully saturated rings. The number of fused-ring (bicyclic) bond motifs is 1. The van der Waals surface area contributed by atoms with Crippen LogP contribution in [0.25, 0.3) is 22.2 Å². The Morgan fingerprint density at radius 1 is 0.886 bits per heavy atom. The van der Waals surface area contributed by atoms with Gasteiger partial charge in [0.05, 0.1) is 0 Å². The van der Waals surface area contributed by atoms with Crippen molar-refractivity contribution < 1.29 is 18.7 Å². The highest BCUT2D eigenvalue weighted by atomic mass is 16.5. The number of hydrogen-bond acceptors (Lipinski definition) is 6. The van der Waals surface area contributed by atoms with Crippen LogP contribution in [0.2, 0.25) is 0 Å². The Morgan fingerprint density at radius 3 is 2.43 bits per heavy atom. The summed E-state index contributed by atoms with van der Waals surface area (Å²) in [5.74, 6) is 2.00. The second-order valence-corrected chi connectivity index (χ2v) is 11.6. The Bertz CT molecular complexity index is 1700. The molecule has 5 rings (SSSR count). The molecule has 1 N–H and O–H groups in total. The highest BCUT2D eigenvalue weighted by Gasteiger charge is 2.21.